The lowest BCUT2D eigenvalue weighted by molar-refractivity contribution is 0.440. The van der Waals surface area contributed by atoms with Crippen molar-refractivity contribution in [3.05, 3.63) is 56.7 Å². The Labute approximate surface area is 123 Å². The second kappa shape index (κ2) is 5.66. The highest BCUT2D eigenvalue weighted by Gasteiger charge is 2.24. The summed E-state index contributed by atoms with van der Waals surface area (Å²) in [6, 6.07) is 11.7. The number of nitrogens with one attached hydrogen (secondary N) is 1. The summed E-state index contributed by atoms with van der Waals surface area (Å²) in [6.45, 7) is 2.25. The number of halogens is 1. The molecule has 0 fully saturated rings. The summed E-state index contributed by atoms with van der Waals surface area (Å²) < 4.78 is 0. The van der Waals surface area contributed by atoms with Crippen LogP contribution in [0.3, 0.4) is 0 Å². The molecule has 1 nitrogen and oxygen atoms in total. The topological polar surface area (TPSA) is 12.0 Å². The van der Waals surface area contributed by atoms with E-state index >= 15 is 0 Å². The summed E-state index contributed by atoms with van der Waals surface area (Å²) in [5.74, 6) is 0. The Morgan fingerprint density at radius 1 is 1.32 bits per heavy atom. The van der Waals surface area contributed by atoms with Gasteiger partial charge < -0.3 is 5.32 Å². The van der Waals surface area contributed by atoms with E-state index in [4.69, 9.17) is 11.6 Å². The number of hydrogen-bond acceptors (Lipinski definition) is 2. The molecule has 0 bridgehead atoms. The molecule has 2 unspecified atom stereocenters. The van der Waals surface area contributed by atoms with Crippen LogP contribution in [0, 0.1) is 0 Å². The molecule has 1 aliphatic rings. The monoisotopic (exact) mass is 291 g/mol. The summed E-state index contributed by atoms with van der Waals surface area (Å²) in [5.41, 5.74) is 2.86. The smallest absolute Gasteiger partial charge is 0.0414 e. The Hall–Kier alpha value is -0.830. The predicted octanol–water partition coefficient (Wildman–Crippen LogP) is 4.61. The average Bonchev–Trinajstić information content (AvgIpc) is 3.04. The van der Waals surface area contributed by atoms with Crippen molar-refractivity contribution in [1.29, 1.82) is 0 Å². The molecule has 1 N–H and O–H groups in total. The second-order valence-corrected chi connectivity index (χ2v) is 6.58. The van der Waals surface area contributed by atoms with E-state index in [2.05, 4.69) is 41.9 Å². The van der Waals surface area contributed by atoms with Gasteiger partial charge in [0.25, 0.3) is 0 Å². The van der Waals surface area contributed by atoms with E-state index in [9.17, 15) is 0 Å². The molecule has 3 rings (SSSR count). The molecule has 19 heavy (non-hydrogen) atoms. The Bertz CT molecular complexity index is 550. The highest BCUT2D eigenvalue weighted by molar-refractivity contribution is 7.10. The number of benzene rings is 1. The molecule has 0 spiro atoms. The van der Waals surface area contributed by atoms with Gasteiger partial charge in [0.05, 0.1) is 0 Å². The van der Waals surface area contributed by atoms with Gasteiger partial charge in [0.15, 0.2) is 0 Å². The van der Waals surface area contributed by atoms with E-state index in [0.717, 1.165) is 24.3 Å². The maximum atomic E-state index is 6.07. The first-order valence-electron chi connectivity index (χ1n) is 6.83. The standard InChI is InChI=1S/C16H18ClNS/c1-2-15(16-4-3-7-19-16)18-14-9-11-5-6-13(17)8-12(11)10-14/h3-8,14-15,18H,2,9-10H2,1H3. The number of hydrogen-bond donors (Lipinski definition) is 1. The summed E-state index contributed by atoms with van der Waals surface area (Å²) in [6.07, 6.45) is 3.35. The van der Waals surface area contributed by atoms with E-state index in [0.29, 0.717) is 12.1 Å². The van der Waals surface area contributed by atoms with Crippen LogP contribution in [0.1, 0.15) is 35.4 Å². The quantitative estimate of drug-likeness (QED) is 0.867. The van der Waals surface area contributed by atoms with Crippen molar-refractivity contribution < 1.29 is 0 Å². The number of thiophene rings is 1. The lowest BCUT2D eigenvalue weighted by Gasteiger charge is -2.20. The first kappa shape index (κ1) is 13.2. The molecule has 1 aromatic heterocycles. The zero-order chi connectivity index (χ0) is 13.2. The third-order valence-corrected chi connectivity index (χ3v) is 5.05. The molecular formula is C16H18ClNS. The van der Waals surface area contributed by atoms with Gasteiger partial charge in [-0.2, -0.15) is 0 Å². The highest BCUT2D eigenvalue weighted by Crippen LogP contribution is 2.28. The minimum atomic E-state index is 0.481. The first-order valence-corrected chi connectivity index (χ1v) is 8.08. The highest BCUT2D eigenvalue weighted by atomic mass is 35.5. The molecule has 0 amide bonds. The van der Waals surface area contributed by atoms with Crippen molar-refractivity contribution in [3.63, 3.8) is 0 Å². The number of fused-ring (bicyclic) bond motifs is 1. The van der Waals surface area contributed by atoms with Crippen LogP contribution in [0.4, 0.5) is 0 Å². The normalized spacial score (nSPS) is 19.4. The Balaban J connectivity index is 1.69. The van der Waals surface area contributed by atoms with Crippen LogP contribution in [-0.2, 0) is 12.8 Å². The van der Waals surface area contributed by atoms with Crippen molar-refractivity contribution in [2.24, 2.45) is 0 Å². The van der Waals surface area contributed by atoms with Crippen LogP contribution >= 0.6 is 22.9 Å². The summed E-state index contributed by atoms with van der Waals surface area (Å²) in [4.78, 5) is 1.44. The predicted molar refractivity (Wildman–Crippen MR) is 83.1 cm³/mol. The average molecular weight is 292 g/mol. The molecule has 2 atom stereocenters. The molecule has 2 aromatic rings. The van der Waals surface area contributed by atoms with Gasteiger partial charge in [-0.15, -0.1) is 11.3 Å². The maximum absolute atomic E-state index is 6.07. The molecule has 1 heterocycles. The van der Waals surface area contributed by atoms with Gasteiger partial charge in [-0.25, -0.2) is 0 Å². The van der Waals surface area contributed by atoms with Crippen LogP contribution in [0.2, 0.25) is 5.02 Å². The minimum absolute atomic E-state index is 0.481. The Morgan fingerprint density at radius 3 is 2.89 bits per heavy atom. The minimum Gasteiger partial charge on any atom is -0.306 e. The first-order chi connectivity index (χ1) is 9.26. The van der Waals surface area contributed by atoms with Gasteiger partial charge in [0.2, 0.25) is 0 Å². The number of rotatable bonds is 4. The second-order valence-electron chi connectivity index (χ2n) is 5.16. The summed E-state index contributed by atoms with van der Waals surface area (Å²) >= 11 is 7.91. The molecule has 1 aromatic carbocycles. The fraction of sp³-hybridized carbons (Fsp3) is 0.375. The van der Waals surface area contributed by atoms with Gasteiger partial charge >= 0.3 is 0 Å². The van der Waals surface area contributed by atoms with E-state index in [1.807, 2.05) is 17.4 Å². The van der Waals surface area contributed by atoms with Crippen LogP contribution < -0.4 is 5.32 Å². The summed E-state index contributed by atoms with van der Waals surface area (Å²) in [7, 11) is 0. The van der Waals surface area contributed by atoms with E-state index in [-0.39, 0.29) is 0 Å². The molecular weight excluding hydrogens is 274 g/mol. The summed E-state index contributed by atoms with van der Waals surface area (Å²) in [5, 5.41) is 6.81. The Morgan fingerprint density at radius 2 is 2.16 bits per heavy atom. The van der Waals surface area contributed by atoms with Crippen molar-refractivity contribution in [1.82, 2.24) is 5.32 Å². The fourth-order valence-electron chi connectivity index (χ4n) is 2.88. The molecule has 0 radical (unpaired) electrons. The zero-order valence-electron chi connectivity index (χ0n) is 11.0. The van der Waals surface area contributed by atoms with E-state index < -0.39 is 0 Å². The Kier molecular flexibility index (Phi) is 3.92. The van der Waals surface area contributed by atoms with Crippen LogP contribution in [0.15, 0.2) is 35.7 Å². The van der Waals surface area contributed by atoms with Crippen molar-refractivity contribution >= 4 is 22.9 Å². The van der Waals surface area contributed by atoms with Gasteiger partial charge in [0.1, 0.15) is 0 Å². The van der Waals surface area contributed by atoms with E-state index in [1.165, 1.54) is 16.0 Å². The fourth-order valence-corrected chi connectivity index (χ4v) is 3.94. The van der Waals surface area contributed by atoms with Crippen LogP contribution in [0.25, 0.3) is 0 Å². The molecule has 100 valence electrons. The molecule has 0 aliphatic heterocycles. The van der Waals surface area contributed by atoms with Gasteiger partial charge in [-0.1, -0.05) is 30.7 Å². The molecule has 3 heteroatoms. The van der Waals surface area contributed by atoms with E-state index in [1.54, 1.807) is 0 Å². The van der Waals surface area contributed by atoms with Gasteiger partial charge in [0, 0.05) is 22.0 Å². The van der Waals surface area contributed by atoms with Gasteiger partial charge in [-0.3, -0.25) is 0 Å². The van der Waals surface area contributed by atoms with Crippen molar-refractivity contribution in [2.75, 3.05) is 0 Å². The molecule has 0 saturated heterocycles. The lowest BCUT2D eigenvalue weighted by Crippen LogP contribution is -2.32. The molecule has 0 saturated carbocycles. The SMILES string of the molecule is CCC(NC1Cc2ccc(Cl)cc2C1)c1cccs1. The van der Waals surface area contributed by atoms with Crippen molar-refractivity contribution in [2.45, 2.75) is 38.3 Å². The maximum Gasteiger partial charge on any atom is 0.0414 e. The van der Waals surface area contributed by atoms with Crippen molar-refractivity contribution in [3.8, 4) is 0 Å². The van der Waals surface area contributed by atoms with Crippen LogP contribution in [-0.4, -0.2) is 6.04 Å². The zero-order valence-corrected chi connectivity index (χ0v) is 12.6. The largest absolute Gasteiger partial charge is 0.306 e. The van der Waals surface area contributed by atoms with Gasteiger partial charge in [-0.05, 0) is 54.0 Å². The third kappa shape index (κ3) is 2.86. The lowest BCUT2D eigenvalue weighted by atomic mass is 10.1. The third-order valence-electron chi connectivity index (χ3n) is 3.83. The van der Waals surface area contributed by atoms with Crippen LogP contribution in [0.5, 0.6) is 0 Å². The molecule has 1 aliphatic carbocycles.